The number of fused-ring (bicyclic) bond motifs is 3. The maximum Gasteiger partial charge on any atom is 0.240 e. The summed E-state index contributed by atoms with van der Waals surface area (Å²) in [5.41, 5.74) is 7.06. The van der Waals surface area contributed by atoms with Gasteiger partial charge in [-0.15, -0.1) is 0 Å². The Labute approximate surface area is 218 Å². The van der Waals surface area contributed by atoms with Crippen molar-refractivity contribution in [3.63, 3.8) is 0 Å². The van der Waals surface area contributed by atoms with Gasteiger partial charge in [0.05, 0.1) is 5.41 Å². The molecular formula is C26H28BrCl2N3O2. The van der Waals surface area contributed by atoms with E-state index in [4.69, 9.17) is 28.9 Å². The van der Waals surface area contributed by atoms with Crippen molar-refractivity contribution >= 4 is 50.9 Å². The molecular weight excluding hydrogens is 537 g/mol. The Balaban J connectivity index is 1.54. The van der Waals surface area contributed by atoms with Gasteiger partial charge in [-0.25, -0.2) is 0 Å². The first-order valence-electron chi connectivity index (χ1n) is 11.8. The number of rotatable bonds is 7. The number of nitrogens with two attached hydrogens (primary N) is 1. The van der Waals surface area contributed by atoms with Gasteiger partial charge in [-0.05, 0) is 80.1 Å². The van der Waals surface area contributed by atoms with Gasteiger partial charge < -0.3 is 15.5 Å². The van der Waals surface area contributed by atoms with Crippen molar-refractivity contribution in [3.8, 4) is 0 Å². The number of nitrogens with zero attached hydrogens (tertiary/aromatic N) is 2. The van der Waals surface area contributed by atoms with Gasteiger partial charge in [-0.3, -0.25) is 9.59 Å². The molecule has 3 saturated heterocycles. The van der Waals surface area contributed by atoms with Crippen molar-refractivity contribution in [1.29, 1.82) is 0 Å². The Hall–Kier alpha value is -1.60. The molecule has 6 rings (SSSR count). The van der Waals surface area contributed by atoms with E-state index >= 15 is 0 Å². The summed E-state index contributed by atoms with van der Waals surface area (Å²) in [6, 6.07) is 12.4. The average Bonchev–Trinajstić information content (AvgIpc) is 3.62. The minimum Gasteiger partial charge on any atom is -0.368 e. The summed E-state index contributed by atoms with van der Waals surface area (Å²) >= 11 is 16.2. The minimum atomic E-state index is -0.721. The highest BCUT2D eigenvalue weighted by atomic mass is 79.9. The Morgan fingerprint density at radius 1 is 1.12 bits per heavy atom. The van der Waals surface area contributed by atoms with E-state index in [1.54, 1.807) is 12.1 Å². The summed E-state index contributed by atoms with van der Waals surface area (Å²) in [4.78, 5) is 31.6. The SMILES string of the molecule is NC(=O)[C@H](Cc1ccc(Br)cc1)N(C(=O)C1(c2ccc(Cl)cc2Cl)CC1)[C@H]1CN2CCC1CC2. The molecule has 2 amide bonds. The predicted molar refractivity (Wildman–Crippen MR) is 138 cm³/mol. The quantitative estimate of drug-likeness (QED) is 0.525. The lowest BCUT2D eigenvalue weighted by Gasteiger charge is -2.51. The van der Waals surface area contributed by atoms with Crippen LogP contribution in [0.4, 0.5) is 0 Å². The molecule has 0 radical (unpaired) electrons. The summed E-state index contributed by atoms with van der Waals surface area (Å²) in [5, 5.41) is 1.03. The Morgan fingerprint density at radius 3 is 2.32 bits per heavy atom. The highest BCUT2D eigenvalue weighted by Gasteiger charge is 2.57. The Bertz CT molecular complexity index is 1100. The molecule has 2 atom stereocenters. The fourth-order valence-corrected chi connectivity index (χ4v) is 6.65. The molecule has 4 aliphatic rings. The van der Waals surface area contributed by atoms with Gasteiger partial charge in [0.2, 0.25) is 11.8 Å². The second-order valence-electron chi connectivity index (χ2n) is 9.87. The number of carbonyl (C=O) groups is 2. The second-order valence-corrected chi connectivity index (χ2v) is 11.6. The van der Waals surface area contributed by atoms with E-state index < -0.39 is 17.4 Å². The summed E-state index contributed by atoms with van der Waals surface area (Å²) in [6.07, 6.45) is 3.87. The minimum absolute atomic E-state index is 0.0311. The molecule has 0 unspecified atom stereocenters. The molecule has 0 spiro atoms. The second kappa shape index (κ2) is 9.45. The van der Waals surface area contributed by atoms with Crippen LogP contribution in [-0.2, 0) is 21.4 Å². The van der Waals surface area contributed by atoms with Gasteiger partial charge in [0.1, 0.15) is 6.04 Å². The van der Waals surface area contributed by atoms with Gasteiger partial charge in [0, 0.05) is 33.5 Å². The zero-order chi connectivity index (χ0) is 24.0. The number of halogens is 3. The molecule has 2 aromatic rings. The van der Waals surface area contributed by atoms with Crippen LogP contribution in [0.5, 0.6) is 0 Å². The molecule has 2 aromatic carbocycles. The largest absolute Gasteiger partial charge is 0.368 e. The van der Waals surface area contributed by atoms with Crippen molar-refractivity contribution < 1.29 is 9.59 Å². The van der Waals surface area contributed by atoms with Crippen LogP contribution < -0.4 is 5.73 Å². The fourth-order valence-electron chi connectivity index (χ4n) is 5.80. The first-order chi connectivity index (χ1) is 16.3. The van der Waals surface area contributed by atoms with E-state index in [1.165, 1.54) is 0 Å². The maximum atomic E-state index is 14.4. The lowest BCUT2D eigenvalue weighted by Crippen LogP contribution is -2.65. The summed E-state index contributed by atoms with van der Waals surface area (Å²) in [7, 11) is 0. The van der Waals surface area contributed by atoms with Crippen LogP contribution in [0.25, 0.3) is 0 Å². The number of amides is 2. The molecule has 3 aliphatic heterocycles. The average molecular weight is 565 g/mol. The molecule has 4 fully saturated rings. The molecule has 5 nitrogen and oxygen atoms in total. The van der Waals surface area contributed by atoms with Crippen LogP contribution in [0.15, 0.2) is 46.9 Å². The van der Waals surface area contributed by atoms with Crippen LogP contribution in [0.1, 0.15) is 36.8 Å². The van der Waals surface area contributed by atoms with E-state index in [0.29, 0.717) is 35.2 Å². The number of benzene rings is 2. The van der Waals surface area contributed by atoms with E-state index in [9.17, 15) is 9.59 Å². The molecule has 1 aliphatic carbocycles. The van der Waals surface area contributed by atoms with Gasteiger partial charge in [0.25, 0.3) is 0 Å². The number of carbonyl (C=O) groups excluding carboxylic acids is 2. The summed E-state index contributed by atoms with van der Waals surface area (Å²) in [5.74, 6) is -0.126. The molecule has 2 bridgehead atoms. The first kappa shape index (κ1) is 24.1. The van der Waals surface area contributed by atoms with Gasteiger partial charge in [-0.1, -0.05) is 57.3 Å². The van der Waals surface area contributed by atoms with Crippen molar-refractivity contribution in [3.05, 3.63) is 68.1 Å². The highest BCUT2D eigenvalue weighted by Crippen LogP contribution is 2.53. The molecule has 0 aromatic heterocycles. The van der Waals surface area contributed by atoms with E-state index in [2.05, 4.69) is 20.8 Å². The molecule has 3 heterocycles. The molecule has 1 saturated carbocycles. The van der Waals surface area contributed by atoms with Crippen LogP contribution in [0.2, 0.25) is 10.0 Å². The van der Waals surface area contributed by atoms with Crippen molar-refractivity contribution in [2.24, 2.45) is 11.7 Å². The fraction of sp³-hybridized carbons (Fsp3) is 0.462. The zero-order valence-corrected chi connectivity index (χ0v) is 22.0. The standard InChI is InChI=1S/C26H28BrCl2N3O2/c27-18-3-1-16(2-4-18)13-22(24(30)33)32(23-15-31-11-7-17(23)8-12-31)25(34)26(9-10-26)20-6-5-19(28)14-21(20)29/h1-6,14,17,22-23H,7-13,15H2,(H2,30,33)/t22-,23-/m0/s1. The monoisotopic (exact) mass is 563 g/mol. The summed E-state index contributed by atoms with van der Waals surface area (Å²) < 4.78 is 0.964. The molecule has 8 heteroatoms. The third kappa shape index (κ3) is 4.50. The van der Waals surface area contributed by atoms with Crippen LogP contribution >= 0.6 is 39.1 Å². The van der Waals surface area contributed by atoms with E-state index in [-0.39, 0.29) is 11.9 Å². The number of hydrogen-bond acceptors (Lipinski definition) is 3. The Kier molecular flexibility index (Phi) is 6.70. The van der Waals surface area contributed by atoms with E-state index in [0.717, 1.165) is 48.1 Å². The number of hydrogen-bond donors (Lipinski definition) is 1. The van der Waals surface area contributed by atoms with Gasteiger partial charge in [0.15, 0.2) is 0 Å². The topological polar surface area (TPSA) is 66.6 Å². The summed E-state index contributed by atoms with van der Waals surface area (Å²) in [6.45, 7) is 2.88. The zero-order valence-electron chi connectivity index (χ0n) is 18.9. The number of piperidine rings is 3. The third-order valence-electron chi connectivity index (χ3n) is 7.83. The van der Waals surface area contributed by atoms with Crippen LogP contribution in [0.3, 0.4) is 0 Å². The maximum absolute atomic E-state index is 14.4. The van der Waals surface area contributed by atoms with Crippen LogP contribution in [-0.4, -0.2) is 53.3 Å². The first-order valence-corrected chi connectivity index (χ1v) is 13.4. The molecule has 34 heavy (non-hydrogen) atoms. The normalized spacial score (nSPS) is 25.6. The lowest BCUT2D eigenvalue weighted by atomic mass is 9.80. The predicted octanol–water partition coefficient (Wildman–Crippen LogP) is 4.81. The van der Waals surface area contributed by atoms with Crippen molar-refractivity contribution in [2.75, 3.05) is 19.6 Å². The molecule has 180 valence electrons. The third-order valence-corrected chi connectivity index (χ3v) is 8.90. The van der Waals surface area contributed by atoms with Crippen LogP contribution in [0, 0.1) is 5.92 Å². The Morgan fingerprint density at radius 2 is 1.79 bits per heavy atom. The number of primary amides is 1. The highest BCUT2D eigenvalue weighted by molar-refractivity contribution is 9.10. The lowest BCUT2D eigenvalue weighted by molar-refractivity contribution is -0.149. The van der Waals surface area contributed by atoms with Gasteiger partial charge >= 0.3 is 0 Å². The van der Waals surface area contributed by atoms with E-state index in [1.807, 2.05) is 35.2 Å². The smallest absolute Gasteiger partial charge is 0.240 e. The molecule has 2 N–H and O–H groups in total. The van der Waals surface area contributed by atoms with Crippen molar-refractivity contribution in [1.82, 2.24) is 9.80 Å². The van der Waals surface area contributed by atoms with Crippen molar-refractivity contribution in [2.45, 2.75) is 49.6 Å². The van der Waals surface area contributed by atoms with Gasteiger partial charge in [-0.2, -0.15) is 0 Å².